The summed E-state index contributed by atoms with van der Waals surface area (Å²) in [5, 5.41) is 0. The monoisotopic (exact) mass is 312 g/mol. The van der Waals surface area contributed by atoms with Crippen LogP contribution >= 0.6 is 0 Å². The third kappa shape index (κ3) is 6.55. The van der Waals surface area contributed by atoms with Crippen LogP contribution in [0.4, 0.5) is 4.79 Å². The number of carbonyl (C=O) groups excluding carboxylic acids is 1. The van der Waals surface area contributed by atoms with Gasteiger partial charge in [-0.15, -0.1) is 0 Å². The highest BCUT2D eigenvalue weighted by atomic mass is 16.7. The lowest BCUT2D eigenvalue weighted by Gasteiger charge is -2.07. The lowest BCUT2D eigenvalue weighted by atomic mass is 10.1. The Bertz CT molecular complexity index is 576. The molecular formula is C20H24O3. The molecule has 0 aromatic heterocycles. The first-order chi connectivity index (χ1) is 11.3. The summed E-state index contributed by atoms with van der Waals surface area (Å²) in [6, 6.07) is 17.9. The summed E-state index contributed by atoms with van der Waals surface area (Å²) in [5.41, 5.74) is 2.55. The predicted octanol–water partition coefficient (Wildman–Crippen LogP) is 5.18. The van der Waals surface area contributed by atoms with Crippen LogP contribution in [0, 0.1) is 0 Å². The molecule has 0 saturated heterocycles. The standard InChI is InChI=1S/C20H24O3/c1-2-8-17-12-14-19(15-13-17)23-20(21)22-16-7-6-11-18-9-4-3-5-10-18/h3-5,9-10,12-15H,2,6-8,11,16H2,1H3. The van der Waals surface area contributed by atoms with E-state index in [9.17, 15) is 4.79 Å². The Morgan fingerprint density at radius 3 is 2.26 bits per heavy atom. The average molecular weight is 312 g/mol. The molecule has 0 atom stereocenters. The lowest BCUT2D eigenvalue weighted by Crippen LogP contribution is -2.11. The van der Waals surface area contributed by atoms with E-state index in [-0.39, 0.29) is 0 Å². The van der Waals surface area contributed by atoms with Gasteiger partial charge in [-0.2, -0.15) is 0 Å². The third-order valence-corrected chi connectivity index (χ3v) is 3.59. The topological polar surface area (TPSA) is 35.5 Å². The van der Waals surface area contributed by atoms with E-state index in [0.717, 1.165) is 32.1 Å². The Balaban J connectivity index is 1.61. The van der Waals surface area contributed by atoms with Gasteiger partial charge >= 0.3 is 6.16 Å². The fraction of sp³-hybridized carbons (Fsp3) is 0.350. The molecule has 2 rings (SSSR count). The lowest BCUT2D eigenvalue weighted by molar-refractivity contribution is 0.0975. The molecule has 0 unspecified atom stereocenters. The molecule has 2 aromatic rings. The molecule has 2 aromatic carbocycles. The predicted molar refractivity (Wildman–Crippen MR) is 91.8 cm³/mol. The number of aryl methyl sites for hydroxylation is 2. The Morgan fingerprint density at radius 1 is 0.870 bits per heavy atom. The SMILES string of the molecule is CCCc1ccc(OC(=O)OCCCCc2ccccc2)cc1. The van der Waals surface area contributed by atoms with Crippen molar-refractivity contribution in [2.75, 3.05) is 6.61 Å². The summed E-state index contributed by atoms with van der Waals surface area (Å²) in [6.45, 7) is 2.53. The van der Waals surface area contributed by atoms with Crippen molar-refractivity contribution in [1.29, 1.82) is 0 Å². The van der Waals surface area contributed by atoms with Crippen LogP contribution in [0.15, 0.2) is 54.6 Å². The van der Waals surface area contributed by atoms with Crippen LogP contribution in [0.5, 0.6) is 5.75 Å². The first-order valence-electron chi connectivity index (χ1n) is 8.25. The Kier molecular flexibility index (Phi) is 7.18. The van der Waals surface area contributed by atoms with Gasteiger partial charge in [-0.3, -0.25) is 0 Å². The molecule has 0 saturated carbocycles. The van der Waals surface area contributed by atoms with Gasteiger partial charge < -0.3 is 9.47 Å². The molecule has 0 bridgehead atoms. The largest absolute Gasteiger partial charge is 0.513 e. The van der Waals surface area contributed by atoms with Crippen LogP contribution in [0.25, 0.3) is 0 Å². The highest BCUT2D eigenvalue weighted by molar-refractivity contribution is 5.63. The first-order valence-corrected chi connectivity index (χ1v) is 8.25. The fourth-order valence-electron chi connectivity index (χ4n) is 2.37. The van der Waals surface area contributed by atoms with Gasteiger partial charge in [-0.25, -0.2) is 4.79 Å². The van der Waals surface area contributed by atoms with Gasteiger partial charge in [0.25, 0.3) is 0 Å². The number of rotatable bonds is 8. The summed E-state index contributed by atoms with van der Waals surface area (Å²) in [7, 11) is 0. The zero-order chi connectivity index (χ0) is 16.3. The van der Waals surface area contributed by atoms with Gasteiger partial charge in [0.05, 0.1) is 6.61 Å². The van der Waals surface area contributed by atoms with Gasteiger partial charge in [-0.05, 0) is 48.9 Å². The van der Waals surface area contributed by atoms with Crippen molar-refractivity contribution < 1.29 is 14.3 Å². The van der Waals surface area contributed by atoms with Crippen molar-refractivity contribution in [3.63, 3.8) is 0 Å². The smallest absolute Gasteiger partial charge is 0.434 e. The number of carbonyl (C=O) groups is 1. The van der Waals surface area contributed by atoms with Crippen LogP contribution in [-0.4, -0.2) is 12.8 Å². The maximum Gasteiger partial charge on any atom is 0.513 e. The minimum atomic E-state index is -0.632. The molecule has 3 nitrogen and oxygen atoms in total. The third-order valence-electron chi connectivity index (χ3n) is 3.59. The quantitative estimate of drug-likeness (QED) is 0.383. The zero-order valence-electron chi connectivity index (χ0n) is 13.7. The zero-order valence-corrected chi connectivity index (χ0v) is 13.7. The van der Waals surface area contributed by atoms with Crippen LogP contribution in [-0.2, 0) is 17.6 Å². The molecule has 122 valence electrons. The molecule has 23 heavy (non-hydrogen) atoms. The van der Waals surface area contributed by atoms with Crippen molar-refractivity contribution >= 4 is 6.16 Å². The van der Waals surface area contributed by atoms with Gasteiger partial charge in [0.1, 0.15) is 5.75 Å². The van der Waals surface area contributed by atoms with E-state index in [1.165, 1.54) is 11.1 Å². The second-order valence-electron chi connectivity index (χ2n) is 5.54. The van der Waals surface area contributed by atoms with Gasteiger partial charge in [0.2, 0.25) is 0 Å². The molecule has 0 heterocycles. The van der Waals surface area contributed by atoms with E-state index >= 15 is 0 Å². The minimum absolute atomic E-state index is 0.388. The molecule has 0 radical (unpaired) electrons. The summed E-state index contributed by atoms with van der Waals surface area (Å²) < 4.78 is 10.3. The minimum Gasteiger partial charge on any atom is -0.434 e. The second-order valence-corrected chi connectivity index (χ2v) is 5.54. The van der Waals surface area contributed by atoms with Gasteiger partial charge in [0, 0.05) is 0 Å². The summed E-state index contributed by atoms with van der Waals surface area (Å²) in [5.74, 6) is 0.527. The molecule has 0 aliphatic heterocycles. The Morgan fingerprint density at radius 2 is 1.57 bits per heavy atom. The number of unbranched alkanes of at least 4 members (excludes halogenated alkanes) is 1. The van der Waals surface area contributed by atoms with E-state index in [2.05, 4.69) is 19.1 Å². The summed E-state index contributed by atoms with van der Waals surface area (Å²) in [4.78, 5) is 11.6. The van der Waals surface area contributed by atoms with E-state index < -0.39 is 6.16 Å². The van der Waals surface area contributed by atoms with Crippen LogP contribution < -0.4 is 4.74 Å². The van der Waals surface area contributed by atoms with E-state index in [4.69, 9.17) is 9.47 Å². The number of benzene rings is 2. The van der Waals surface area contributed by atoms with Crippen molar-refractivity contribution in [3.8, 4) is 5.75 Å². The van der Waals surface area contributed by atoms with Crippen LogP contribution in [0.1, 0.15) is 37.3 Å². The molecule has 0 aliphatic rings. The molecule has 3 heteroatoms. The van der Waals surface area contributed by atoms with E-state index in [0.29, 0.717) is 12.4 Å². The molecular weight excluding hydrogens is 288 g/mol. The van der Waals surface area contributed by atoms with Crippen molar-refractivity contribution in [2.24, 2.45) is 0 Å². The van der Waals surface area contributed by atoms with Crippen molar-refractivity contribution in [2.45, 2.75) is 39.0 Å². The highest BCUT2D eigenvalue weighted by Gasteiger charge is 2.05. The van der Waals surface area contributed by atoms with Crippen molar-refractivity contribution in [1.82, 2.24) is 0 Å². The average Bonchev–Trinajstić information content (AvgIpc) is 2.57. The Hall–Kier alpha value is -2.29. The highest BCUT2D eigenvalue weighted by Crippen LogP contribution is 2.14. The number of hydrogen-bond donors (Lipinski definition) is 0. The summed E-state index contributed by atoms with van der Waals surface area (Å²) >= 11 is 0. The first kappa shape index (κ1) is 17.1. The summed E-state index contributed by atoms with van der Waals surface area (Å²) in [6.07, 6.45) is 4.32. The van der Waals surface area contributed by atoms with E-state index in [1.807, 2.05) is 42.5 Å². The fourth-order valence-corrected chi connectivity index (χ4v) is 2.37. The molecule has 0 fully saturated rings. The number of ether oxygens (including phenoxy) is 2. The van der Waals surface area contributed by atoms with E-state index in [1.54, 1.807) is 0 Å². The maximum absolute atomic E-state index is 11.6. The van der Waals surface area contributed by atoms with Gasteiger partial charge in [-0.1, -0.05) is 55.8 Å². The number of hydrogen-bond acceptors (Lipinski definition) is 3. The van der Waals surface area contributed by atoms with Crippen molar-refractivity contribution in [3.05, 3.63) is 65.7 Å². The van der Waals surface area contributed by atoms with Gasteiger partial charge in [0.15, 0.2) is 0 Å². The van der Waals surface area contributed by atoms with Crippen LogP contribution in [0.3, 0.4) is 0 Å². The van der Waals surface area contributed by atoms with Crippen LogP contribution in [0.2, 0.25) is 0 Å². The molecule has 0 aliphatic carbocycles. The maximum atomic E-state index is 11.6. The molecule has 0 N–H and O–H groups in total. The molecule has 0 amide bonds. The Labute approximate surface area is 138 Å². The molecule has 0 spiro atoms. The normalized spacial score (nSPS) is 10.3. The second kappa shape index (κ2) is 9.67.